The van der Waals surface area contributed by atoms with Crippen LogP contribution in [0.2, 0.25) is 0 Å². The molecule has 1 amide bonds. The number of likely N-dealkylation sites (tertiary alicyclic amines) is 1. The molecule has 2 heterocycles. The maximum absolute atomic E-state index is 12.7. The Kier molecular flexibility index (Phi) is 4.57. The Hall–Kier alpha value is -2.74. The van der Waals surface area contributed by atoms with Gasteiger partial charge in [0.25, 0.3) is 11.6 Å². The minimum atomic E-state index is -0.456. The van der Waals surface area contributed by atoms with Gasteiger partial charge in [0.05, 0.1) is 4.92 Å². The fraction of sp³-hybridized carbons (Fsp3) is 0.375. The van der Waals surface area contributed by atoms with Crippen molar-refractivity contribution in [3.8, 4) is 5.69 Å². The van der Waals surface area contributed by atoms with Crippen molar-refractivity contribution in [1.29, 1.82) is 0 Å². The summed E-state index contributed by atoms with van der Waals surface area (Å²) >= 11 is 0. The smallest absolute Gasteiger partial charge is 0.294 e. The van der Waals surface area contributed by atoms with Gasteiger partial charge in [-0.05, 0) is 32.0 Å². The highest BCUT2D eigenvalue weighted by Crippen LogP contribution is 2.23. The number of carbonyl (C=O) groups is 1. The second-order valence-electron chi connectivity index (χ2n) is 5.74. The van der Waals surface area contributed by atoms with Gasteiger partial charge in [-0.15, -0.1) is 0 Å². The summed E-state index contributed by atoms with van der Waals surface area (Å²) in [5.41, 5.74) is 0.597. The number of para-hydroxylation sites is 2. The highest BCUT2D eigenvalue weighted by molar-refractivity contribution is 5.92. The Morgan fingerprint density at radius 1 is 1.42 bits per heavy atom. The van der Waals surface area contributed by atoms with Gasteiger partial charge in [-0.1, -0.05) is 12.1 Å². The van der Waals surface area contributed by atoms with Crippen LogP contribution in [-0.4, -0.2) is 51.7 Å². The van der Waals surface area contributed by atoms with Gasteiger partial charge >= 0.3 is 0 Å². The summed E-state index contributed by atoms with van der Waals surface area (Å²) in [6.07, 6.45) is 3.53. The Morgan fingerprint density at radius 2 is 2.21 bits per heavy atom. The molecule has 0 aliphatic carbocycles. The molecule has 0 saturated carbocycles. The van der Waals surface area contributed by atoms with Crippen LogP contribution in [0.15, 0.2) is 36.5 Å². The van der Waals surface area contributed by atoms with Gasteiger partial charge in [0.1, 0.15) is 5.69 Å². The quantitative estimate of drug-likeness (QED) is 0.664. The molecule has 126 valence electrons. The highest BCUT2D eigenvalue weighted by atomic mass is 16.6. The third-order valence-electron chi connectivity index (χ3n) is 4.21. The van der Waals surface area contributed by atoms with Crippen LogP contribution in [0.25, 0.3) is 5.69 Å². The number of likely N-dealkylation sites (N-methyl/N-ethyl adjacent to an activating group) is 1. The van der Waals surface area contributed by atoms with Crippen LogP contribution in [-0.2, 0) is 0 Å². The zero-order valence-electron chi connectivity index (χ0n) is 13.4. The summed E-state index contributed by atoms with van der Waals surface area (Å²) in [6, 6.07) is 8.10. The van der Waals surface area contributed by atoms with Crippen molar-refractivity contribution in [3.63, 3.8) is 0 Å². The average Bonchev–Trinajstić information content (AvgIpc) is 3.24. The molecule has 1 aromatic carbocycles. The molecule has 1 fully saturated rings. The Balaban J connectivity index is 1.86. The lowest BCUT2D eigenvalue weighted by Crippen LogP contribution is -2.41. The van der Waals surface area contributed by atoms with E-state index in [9.17, 15) is 14.9 Å². The molecular weight excluding hydrogens is 310 g/mol. The van der Waals surface area contributed by atoms with Crippen LogP contribution in [0.5, 0.6) is 0 Å². The first-order valence-electron chi connectivity index (χ1n) is 7.87. The van der Waals surface area contributed by atoms with Gasteiger partial charge in [0.2, 0.25) is 0 Å². The number of benzene rings is 1. The molecule has 0 bridgehead atoms. The zero-order chi connectivity index (χ0) is 17.1. The first kappa shape index (κ1) is 16.1. The van der Waals surface area contributed by atoms with Gasteiger partial charge < -0.3 is 10.2 Å². The molecule has 1 saturated heterocycles. The molecule has 1 atom stereocenters. The van der Waals surface area contributed by atoms with E-state index >= 15 is 0 Å². The average molecular weight is 329 g/mol. The fourth-order valence-corrected chi connectivity index (χ4v) is 3.08. The third kappa shape index (κ3) is 3.00. The third-order valence-corrected chi connectivity index (χ3v) is 4.21. The fourth-order valence-electron chi connectivity index (χ4n) is 3.08. The molecule has 2 aromatic rings. The van der Waals surface area contributed by atoms with E-state index in [1.54, 1.807) is 30.5 Å². The Bertz CT molecular complexity index is 758. The monoisotopic (exact) mass is 329 g/mol. The van der Waals surface area contributed by atoms with Gasteiger partial charge in [0.15, 0.2) is 5.69 Å². The van der Waals surface area contributed by atoms with Crippen molar-refractivity contribution in [2.24, 2.45) is 0 Å². The molecule has 1 aromatic heterocycles. The minimum absolute atomic E-state index is 0.0474. The maximum Gasteiger partial charge on any atom is 0.294 e. The lowest BCUT2D eigenvalue weighted by Gasteiger charge is -2.23. The summed E-state index contributed by atoms with van der Waals surface area (Å²) in [5, 5.41) is 18.5. The first-order chi connectivity index (χ1) is 11.6. The number of hydrogen-bond donors (Lipinski definition) is 1. The first-order valence-corrected chi connectivity index (χ1v) is 7.87. The predicted octanol–water partition coefficient (Wildman–Crippen LogP) is 1.60. The van der Waals surface area contributed by atoms with Crippen molar-refractivity contribution < 1.29 is 9.72 Å². The van der Waals surface area contributed by atoms with Gasteiger partial charge in [-0.2, -0.15) is 5.10 Å². The molecule has 8 nitrogen and oxygen atoms in total. The molecule has 24 heavy (non-hydrogen) atoms. The molecule has 1 unspecified atom stereocenters. The molecule has 8 heteroatoms. The van der Waals surface area contributed by atoms with Crippen LogP contribution >= 0.6 is 0 Å². The van der Waals surface area contributed by atoms with Crippen molar-refractivity contribution in [3.05, 3.63) is 52.3 Å². The normalized spacial score (nSPS) is 17.2. The number of nitro groups is 1. The van der Waals surface area contributed by atoms with Crippen molar-refractivity contribution >= 4 is 11.6 Å². The molecule has 0 radical (unpaired) electrons. The topological polar surface area (TPSA) is 93.3 Å². The van der Waals surface area contributed by atoms with Gasteiger partial charge in [-0.3, -0.25) is 14.9 Å². The van der Waals surface area contributed by atoms with E-state index in [1.165, 1.54) is 10.7 Å². The van der Waals surface area contributed by atoms with Crippen molar-refractivity contribution in [2.45, 2.75) is 18.9 Å². The lowest BCUT2D eigenvalue weighted by molar-refractivity contribution is -0.384. The van der Waals surface area contributed by atoms with Gasteiger partial charge in [-0.25, -0.2) is 4.68 Å². The minimum Gasteiger partial charge on any atom is -0.333 e. The Labute approximate surface area is 139 Å². The number of nitro benzene ring substituents is 1. The van der Waals surface area contributed by atoms with Crippen LogP contribution < -0.4 is 5.32 Å². The van der Waals surface area contributed by atoms with Crippen LogP contribution in [0.1, 0.15) is 23.3 Å². The van der Waals surface area contributed by atoms with E-state index in [2.05, 4.69) is 10.4 Å². The lowest BCUT2D eigenvalue weighted by atomic mass is 10.2. The predicted molar refractivity (Wildman–Crippen MR) is 88.2 cm³/mol. The zero-order valence-corrected chi connectivity index (χ0v) is 13.4. The summed E-state index contributed by atoms with van der Waals surface area (Å²) in [7, 11) is 1.87. The second-order valence-corrected chi connectivity index (χ2v) is 5.74. The second kappa shape index (κ2) is 6.79. The largest absolute Gasteiger partial charge is 0.333 e. The molecule has 3 rings (SSSR count). The van der Waals surface area contributed by atoms with E-state index in [0.29, 0.717) is 17.9 Å². The van der Waals surface area contributed by atoms with E-state index in [0.717, 1.165) is 19.4 Å². The van der Waals surface area contributed by atoms with Crippen molar-refractivity contribution in [1.82, 2.24) is 20.0 Å². The number of hydrogen-bond acceptors (Lipinski definition) is 5. The Morgan fingerprint density at radius 3 is 2.96 bits per heavy atom. The highest BCUT2D eigenvalue weighted by Gasteiger charge is 2.30. The van der Waals surface area contributed by atoms with Gasteiger partial charge in [0, 0.05) is 31.4 Å². The molecule has 1 N–H and O–H groups in total. The number of rotatable bonds is 5. The maximum atomic E-state index is 12.7. The van der Waals surface area contributed by atoms with Crippen LogP contribution in [0.3, 0.4) is 0 Å². The summed E-state index contributed by atoms with van der Waals surface area (Å²) < 4.78 is 1.38. The molecule has 1 aliphatic rings. The SMILES string of the molecule is CNCC1CCCN1C(=O)c1ccn(-c2ccccc2[N+](=O)[O-])n1. The number of carbonyl (C=O) groups excluding carboxylic acids is 1. The number of nitrogens with one attached hydrogen (secondary N) is 1. The summed E-state index contributed by atoms with van der Waals surface area (Å²) in [6.45, 7) is 1.46. The summed E-state index contributed by atoms with van der Waals surface area (Å²) in [4.78, 5) is 25.2. The van der Waals surface area contributed by atoms with Crippen molar-refractivity contribution in [2.75, 3.05) is 20.1 Å². The molecule has 1 aliphatic heterocycles. The number of aromatic nitrogens is 2. The standard InChI is InChI=1S/C16H19N5O3/c1-17-11-12-5-4-9-19(12)16(22)13-8-10-20(18-13)14-6-2-3-7-15(14)21(23)24/h2-3,6-8,10,12,17H,4-5,9,11H2,1H3. The molecular formula is C16H19N5O3. The molecule has 0 spiro atoms. The summed E-state index contributed by atoms with van der Waals surface area (Å²) in [5.74, 6) is -0.134. The van der Waals surface area contributed by atoms with E-state index in [1.807, 2.05) is 11.9 Å². The van der Waals surface area contributed by atoms with E-state index in [-0.39, 0.29) is 17.6 Å². The van der Waals surface area contributed by atoms with E-state index in [4.69, 9.17) is 0 Å². The van der Waals surface area contributed by atoms with Crippen LogP contribution in [0.4, 0.5) is 5.69 Å². The number of amides is 1. The van der Waals surface area contributed by atoms with E-state index < -0.39 is 4.92 Å². The number of nitrogens with zero attached hydrogens (tertiary/aromatic N) is 4. The van der Waals surface area contributed by atoms with Crippen LogP contribution in [0, 0.1) is 10.1 Å².